The molecule has 1 amide bonds. The van der Waals surface area contributed by atoms with Crippen molar-refractivity contribution in [2.75, 3.05) is 13.7 Å². The highest BCUT2D eigenvalue weighted by Crippen LogP contribution is 2.82. The minimum atomic E-state index is -1.39. The molecule has 10 nitrogen and oxygen atoms in total. The first kappa shape index (κ1) is 30.2. The van der Waals surface area contributed by atoms with Crippen LogP contribution in [0.3, 0.4) is 0 Å². The largest absolute Gasteiger partial charge is 0.481 e. The predicted octanol–water partition coefficient (Wildman–Crippen LogP) is 3.12. The van der Waals surface area contributed by atoms with Crippen LogP contribution in [0.4, 0.5) is 0 Å². The van der Waals surface area contributed by atoms with Crippen LogP contribution < -0.4 is 5.32 Å². The van der Waals surface area contributed by atoms with Gasteiger partial charge in [0.05, 0.1) is 24.2 Å². The minimum absolute atomic E-state index is 0.0121. The molecule has 1 heterocycles. The Hall–Kier alpha value is -2.30. The Labute approximate surface area is 241 Å². The monoisotopic (exact) mass is 575 g/mol. The van der Waals surface area contributed by atoms with Crippen LogP contribution >= 0.6 is 0 Å². The number of nitrogens with one attached hydrogen (secondary N) is 1. The maximum absolute atomic E-state index is 13.7. The molecule has 10 heteroatoms. The van der Waals surface area contributed by atoms with Gasteiger partial charge in [-0.25, -0.2) is 0 Å². The number of hydrogen-bond acceptors (Lipinski definition) is 8. The number of carbonyl (C=O) groups excluding carboxylic acids is 3. The molecule has 12 atom stereocenters. The quantitative estimate of drug-likeness (QED) is 0.241. The lowest BCUT2D eigenvalue weighted by Crippen LogP contribution is -2.66. The van der Waals surface area contributed by atoms with Crippen LogP contribution in [-0.2, 0) is 38.1 Å². The third kappa shape index (κ3) is 3.99. The summed E-state index contributed by atoms with van der Waals surface area (Å²) < 4.78 is 24.1. The summed E-state index contributed by atoms with van der Waals surface area (Å²) in [5.41, 5.74) is -2.45. The van der Waals surface area contributed by atoms with Crippen LogP contribution in [0.1, 0.15) is 67.2 Å². The third-order valence-electron chi connectivity index (χ3n) is 11.4. The summed E-state index contributed by atoms with van der Waals surface area (Å²) in [7, 11) is 1.50. The average Bonchev–Trinajstić information content (AvgIpc) is 3.46. The number of rotatable bonds is 9. The van der Waals surface area contributed by atoms with Crippen molar-refractivity contribution in [1.82, 2.24) is 5.32 Å². The lowest BCUT2D eigenvalue weighted by molar-refractivity contribution is -0.290. The van der Waals surface area contributed by atoms with Gasteiger partial charge in [-0.3, -0.25) is 14.4 Å². The lowest BCUT2D eigenvalue weighted by atomic mass is 9.43. The highest BCUT2D eigenvalue weighted by atomic mass is 16.7. The second-order valence-electron chi connectivity index (χ2n) is 13.5. The molecule has 4 aliphatic carbocycles. The Kier molecular flexibility index (Phi) is 7.69. The van der Waals surface area contributed by atoms with Gasteiger partial charge in [-0.15, -0.1) is 0 Å². The Morgan fingerprint density at radius 2 is 1.88 bits per heavy atom. The zero-order valence-electron chi connectivity index (χ0n) is 25.2. The first-order valence-corrected chi connectivity index (χ1v) is 15.0. The summed E-state index contributed by atoms with van der Waals surface area (Å²) >= 11 is 0. The smallest absolute Gasteiger partial charge is 0.315 e. The van der Waals surface area contributed by atoms with Gasteiger partial charge in [-0.1, -0.05) is 38.8 Å². The van der Waals surface area contributed by atoms with E-state index in [0.717, 1.165) is 24.7 Å². The van der Waals surface area contributed by atoms with Gasteiger partial charge in [0.2, 0.25) is 5.91 Å². The van der Waals surface area contributed by atoms with E-state index < -0.39 is 58.8 Å². The molecule has 5 aliphatic rings. The molecule has 228 valence electrons. The van der Waals surface area contributed by atoms with E-state index in [2.05, 4.69) is 18.3 Å². The molecule has 0 aromatic rings. The first-order chi connectivity index (χ1) is 19.3. The predicted molar refractivity (Wildman–Crippen MR) is 146 cm³/mol. The summed E-state index contributed by atoms with van der Waals surface area (Å²) in [6.45, 7) is 10.7. The molecular weight excluding hydrogens is 530 g/mol. The molecule has 0 aromatic heterocycles. The maximum Gasteiger partial charge on any atom is 0.315 e. The number of carbonyl (C=O) groups is 4. The number of hydrogen-bond donors (Lipinski definition) is 2. The fourth-order valence-electron chi connectivity index (χ4n) is 10.1. The van der Waals surface area contributed by atoms with E-state index >= 15 is 0 Å². The maximum atomic E-state index is 13.7. The van der Waals surface area contributed by atoms with Gasteiger partial charge in [-0.2, -0.15) is 0 Å². The van der Waals surface area contributed by atoms with Crippen molar-refractivity contribution >= 4 is 24.1 Å². The van der Waals surface area contributed by atoms with Crippen LogP contribution in [0, 0.1) is 45.8 Å². The second-order valence-corrected chi connectivity index (χ2v) is 13.5. The molecule has 1 aliphatic heterocycles. The van der Waals surface area contributed by atoms with Crippen LogP contribution in [0.15, 0.2) is 11.6 Å². The number of fused-ring (bicyclic) bond motifs is 2. The number of amides is 1. The van der Waals surface area contributed by atoms with E-state index in [1.807, 2.05) is 13.8 Å². The third-order valence-corrected chi connectivity index (χ3v) is 11.4. The SMILES string of the molecule is CO[C@H]1[C@H](NC(C)=O)[C@@H](OC(C)=O)[C@H](OCC23CC4C(C)CCC4C4(C=O)CC2C=C(C(C)C)C43C(=O)O)O[C@@H]1C. The molecule has 4 fully saturated rings. The van der Waals surface area contributed by atoms with Gasteiger partial charge in [0, 0.05) is 26.4 Å². The summed E-state index contributed by atoms with van der Waals surface area (Å²) in [6, 6.07) is -0.745. The average molecular weight is 576 g/mol. The van der Waals surface area contributed by atoms with Crippen molar-refractivity contribution in [3.63, 3.8) is 0 Å². The Balaban J connectivity index is 1.57. The van der Waals surface area contributed by atoms with Crippen molar-refractivity contribution in [2.45, 2.75) is 97.9 Å². The van der Waals surface area contributed by atoms with Gasteiger partial charge >= 0.3 is 11.9 Å². The molecule has 41 heavy (non-hydrogen) atoms. The number of aliphatic carboxylic acids is 1. The molecule has 1 saturated heterocycles. The van der Waals surface area contributed by atoms with E-state index in [4.69, 9.17) is 18.9 Å². The Bertz CT molecular complexity index is 1140. The van der Waals surface area contributed by atoms with Crippen LogP contribution in [0.5, 0.6) is 0 Å². The number of allylic oxidation sites excluding steroid dienone is 1. The van der Waals surface area contributed by atoms with Crippen molar-refractivity contribution in [1.29, 1.82) is 0 Å². The van der Waals surface area contributed by atoms with Gasteiger partial charge in [-0.05, 0) is 55.8 Å². The number of carboxylic acids is 1. The number of ether oxygens (including phenoxy) is 4. The zero-order chi connectivity index (χ0) is 30.1. The fraction of sp³-hybridized carbons (Fsp3) is 0.806. The normalized spacial score (nSPS) is 46.1. The minimum Gasteiger partial charge on any atom is -0.481 e. The van der Waals surface area contributed by atoms with E-state index in [1.54, 1.807) is 6.92 Å². The van der Waals surface area contributed by atoms with Crippen LogP contribution in [0.2, 0.25) is 0 Å². The highest BCUT2D eigenvalue weighted by Gasteiger charge is 2.84. The van der Waals surface area contributed by atoms with E-state index in [0.29, 0.717) is 18.8 Å². The first-order valence-electron chi connectivity index (χ1n) is 15.0. The fourth-order valence-corrected chi connectivity index (χ4v) is 10.1. The summed E-state index contributed by atoms with van der Waals surface area (Å²) in [4.78, 5) is 51.3. The van der Waals surface area contributed by atoms with Crippen molar-refractivity contribution < 1.29 is 43.2 Å². The molecule has 2 N–H and O–H groups in total. The zero-order valence-corrected chi connectivity index (χ0v) is 25.2. The molecule has 0 spiro atoms. The summed E-state index contributed by atoms with van der Waals surface area (Å²) in [5.74, 6) is -1.47. The van der Waals surface area contributed by atoms with Gasteiger partial charge < -0.3 is 34.2 Å². The van der Waals surface area contributed by atoms with Gasteiger partial charge in [0.25, 0.3) is 0 Å². The number of methoxy groups -OCH3 is 1. The van der Waals surface area contributed by atoms with E-state index in [9.17, 15) is 24.3 Å². The van der Waals surface area contributed by atoms with Gasteiger partial charge in [0.15, 0.2) is 12.4 Å². The molecule has 3 saturated carbocycles. The molecule has 4 bridgehead atoms. The van der Waals surface area contributed by atoms with Crippen molar-refractivity contribution in [2.24, 2.45) is 45.8 Å². The second kappa shape index (κ2) is 10.5. The molecular formula is C31H45NO9. The van der Waals surface area contributed by atoms with Gasteiger partial charge in [0.1, 0.15) is 17.8 Å². The highest BCUT2D eigenvalue weighted by molar-refractivity contribution is 5.90. The summed E-state index contributed by atoms with van der Waals surface area (Å²) in [5, 5.41) is 14.0. The molecule has 0 radical (unpaired) electrons. The van der Waals surface area contributed by atoms with E-state index in [-0.39, 0.29) is 36.2 Å². The molecule has 5 rings (SSSR count). The standard InChI is InChI=1S/C31H45NO9/c1-15(2)23-10-20-11-29(13-33)22-9-8-16(3)21(22)12-30(20,31(23,29)28(36)37)14-39-27-26(41-19(6)35)24(32-18(5)34)25(38-7)17(4)40-27/h10,13,15-17,20-22,24-27H,8-9,11-12,14H2,1-7H3,(H,32,34)(H,36,37)/t16?,17-,20?,21?,22?,24+,25-,26-,27-,29?,30?,31?/m1/s1. The number of aldehydes is 1. The topological polar surface area (TPSA) is 137 Å². The molecule has 7 unspecified atom stereocenters. The Morgan fingerprint density at radius 3 is 2.44 bits per heavy atom. The Morgan fingerprint density at radius 1 is 1.17 bits per heavy atom. The lowest BCUT2D eigenvalue weighted by Gasteiger charge is -2.58. The van der Waals surface area contributed by atoms with Crippen molar-refractivity contribution in [3.8, 4) is 0 Å². The van der Waals surface area contributed by atoms with Crippen molar-refractivity contribution in [3.05, 3.63) is 11.6 Å². The molecule has 0 aromatic carbocycles. The van der Waals surface area contributed by atoms with Crippen LogP contribution in [0.25, 0.3) is 0 Å². The number of esters is 1. The van der Waals surface area contributed by atoms with E-state index in [1.165, 1.54) is 21.0 Å². The summed E-state index contributed by atoms with van der Waals surface area (Å²) in [6.07, 6.45) is 2.81. The number of carboxylic acid groups (broad SMARTS) is 1. The van der Waals surface area contributed by atoms with Crippen LogP contribution in [-0.4, -0.2) is 73.6 Å².